The predicted molar refractivity (Wildman–Crippen MR) is 132 cm³/mol. The van der Waals surface area contributed by atoms with Crippen LogP contribution in [0.4, 0.5) is 5.82 Å². The van der Waals surface area contributed by atoms with E-state index < -0.39 is 0 Å². The highest BCUT2D eigenvalue weighted by molar-refractivity contribution is 7.99. The summed E-state index contributed by atoms with van der Waals surface area (Å²) in [7, 11) is 0. The molecule has 0 bridgehead atoms. The summed E-state index contributed by atoms with van der Waals surface area (Å²) in [5.74, 6) is 1.07. The van der Waals surface area contributed by atoms with E-state index in [0.717, 1.165) is 48.9 Å². The van der Waals surface area contributed by atoms with E-state index in [1.54, 1.807) is 4.40 Å². The van der Waals surface area contributed by atoms with Crippen LogP contribution < -0.4 is 25.1 Å². The van der Waals surface area contributed by atoms with E-state index in [0.29, 0.717) is 41.1 Å². The monoisotopic (exact) mass is 503 g/mol. The van der Waals surface area contributed by atoms with Crippen molar-refractivity contribution in [3.63, 3.8) is 0 Å². The van der Waals surface area contributed by atoms with Gasteiger partial charge in [0.1, 0.15) is 29.2 Å². The molecule has 0 atom stereocenters. The maximum atomic E-state index is 13.1. The number of aliphatic hydroxyl groups is 1. The molecule has 0 aromatic carbocycles. The molecule has 3 aromatic rings. The van der Waals surface area contributed by atoms with Crippen LogP contribution in [-0.2, 0) is 9.47 Å². The van der Waals surface area contributed by atoms with Gasteiger partial charge in [-0.2, -0.15) is 0 Å². The molecule has 180 valence electrons. The zero-order chi connectivity index (χ0) is 23.7. The number of anilines is 1. The van der Waals surface area contributed by atoms with Crippen molar-refractivity contribution < 1.29 is 14.6 Å². The zero-order valence-corrected chi connectivity index (χ0v) is 20.8. The maximum absolute atomic E-state index is 13.1. The highest BCUT2D eigenvalue weighted by atomic mass is 32.2. The molecule has 3 aromatic heterocycles. The van der Waals surface area contributed by atoms with Crippen molar-refractivity contribution in [3.05, 3.63) is 43.9 Å². The Morgan fingerprint density at radius 1 is 1.12 bits per heavy atom. The number of morpholine rings is 2. The van der Waals surface area contributed by atoms with Gasteiger partial charge >= 0.3 is 10.4 Å². The molecule has 1 N–H and O–H groups in total. The lowest BCUT2D eigenvalue weighted by molar-refractivity contribution is 0.0959. The summed E-state index contributed by atoms with van der Waals surface area (Å²) in [5.41, 5.74) is 2.22. The van der Waals surface area contributed by atoms with Crippen molar-refractivity contribution >= 4 is 39.6 Å². The SMILES string of the molecule is Cc1cc(N2CCOCC2)nc(SCC(O)=c2sc3nc(=[N+]4CCOCC4)cc(C)n3c2=O)n1. The molecule has 0 saturated carbocycles. The zero-order valence-electron chi connectivity index (χ0n) is 19.2. The Morgan fingerprint density at radius 3 is 2.62 bits per heavy atom. The van der Waals surface area contributed by atoms with E-state index in [1.165, 1.54) is 23.1 Å². The van der Waals surface area contributed by atoms with E-state index in [4.69, 9.17) is 14.5 Å². The molecule has 10 nitrogen and oxygen atoms in total. The van der Waals surface area contributed by atoms with E-state index in [2.05, 4.69) is 19.4 Å². The van der Waals surface area contributed by atoms with E-state index in [1.807, 2.05) is 26.0 Å². The summed E-state index contributed by atoms with van der Waals surface area (Å²) in [4.78, 5) is 29.7. The molecule has 12 heteroatoms. The Balaban J connectivity index is 1.44. The third-order valence-corrected chi connectivity index (χ3v) is 7.70. The highest BCUT2D eigenvalue weighted by Gasteiger charge is 2.19. The number of thioether (sulfide) groups is 1. The first-order valence-electron chi connectivity index (χ1n) is 11.2. The lowest BCUT2D eigenvalue weighted by Gasteiger charge is -2.28. The predicted octanol–water partition coefficient (Wildman–Crippen LogP) is -0.0208. The molecule has 0 amide bonds. The van der Waals surface area contributed by atoms with Crippen LogP contribution in [0.5, 0.6) is 0 Å². The molecule has 0 aliphatic carbocycles. The largest absolute Gasteiger partial charge is 0.510 e. The Kier molecular flexibility index (Phi) is 6.82. The fraction of sp³-hybridized carbons (Fsp3) is 0.500. The van der Waals surface area contributed by atoms with Gasteiger partial charge in [0, 0.05) is 30.5 Å². The fourth-order valence-corrected chi connectivity index (χ4v) is 5.89. The number of ether oxygens (including phenoxy) is 2. The van der Waals surface area contributed by atoms with Gasteiger partial charge in [-0.1, -0.05) is 23.1 Å². The number of aryl methyl sites for hydroxylation is 2. The van der Waals surface area contributed by atoms with Crippen LogP contribution in [0.25, 0.3) is 10.7 Å². The second-order valence-corrected chi connectivity index (χ2v) is 10.1. The standard InChI is InChI=1S/C22H26N6O4S2/c1-14-11-17(26-3-7-31-8-4-26)24-21(23-14)33-13-16(29)19-20(30)28-15(2)12-18(25-22(28)34-19)27-5-9-32-10-6-27/h11-12H,3-10,13H2,1-2H3/p+1. The minimum Gasteiger partial charge on any atom is -0.510 e. The third-order valence-electron chi connectivity index (χ3n) is 5.77. The van der Waals surface area contributed by atoms with E-state index in [9.17, 15) is 9.90 Å². The van der Waals surface area contributed by atoms with Gasteiger partial charge in [0.05, 0.1) is 38.2 Å². The quantitative estimate of drug-likeness (QED) is 0.299. The van der Waals surface area contributed by atoms with Crippen molar-refractivity contribution in [3.8, 4) is 0 Å². The summed E-state index contributed by atoms with van der Waals surface area (Å²) < 4.78 is 14.9. The number of thiazole rings is 1. The maximum Gasteiger partial charge on any atom is 0.324 e. The molecule has 2 aliphatic rings. The lowest BCUT2D eigenvalue weighted by atomic mass is 10.3. The number of fused-ring (bicyclic) bond motifs is 1. The van der Waals surface area contributed by atoms with Crippen LogP contribution >= 0.6 is 23.1 Å². The number of rotatable bonds is 4. The third kappa shape index (κ3) is 4.81. The second kappa shape index (κ2) is 9.98. The first-order chi connectivity index (χ1) is 16.5. The Labute approximate surface area is 204 Å². The Morgan fingerprint density at radius 2 is 1.85 bits per heavy atom. The molecule has 2 fully saturated rings. The molecular formula is C22H27N6O4S2+. The molecule has 0 spiro atoms. The van der Waals surface area contributed by atoms with Gasteiger partial charge in [0.25, 0.3) is 5.56 Å². The smallest absolute Gasteiger partial charge is 0.324 e. The number of nitrogens with zero attached hydrogens (tertiary/aromatic N) is 6. The van der Waals surface area contributed by atoms with Crippen LogP contribution in [0.3, 0.4) is 0 Å². The summed E-state index contributed by atoms with van der Waals surface area (Å²) in [6, 6.07) is 3.87. The molecule has 5 rings (SSSR count). The molecule has 2 saturated heterocycles. The van der Waals surface area contributed by atoms with Crippen molar-refractivity contribution in [1.29, 1.82) is 0 Å². The normalized spacial score (nSPS) is 17.9. The van der Waals surface area contributed by atoms with Crippen molar-refractivity contribution in [1.82, 2.24) is 23.9 Å². The summed E-state index contributed by atoms with van der Waals surface area (Å²) >= 11 is 2.52. The van der Waals surface area contributed by atoms with Gasteiger partial charge in [0.15, 0.2) is 5.16 Å². The second-order valence-electron chi connectivity index (χ2n) is 8.19. The van der Waals surface area contributed by atoms with Crippen LogP contribution in [0, 0.1) is 13.8 Å². The molecule has 0 radical (unpaired) electrons. The topological polar surface area (TPSA) is 105 Å². The first-order valence-corrected chi connectivity index (χ1v) is 13.0. The van der Waals surface area contributed by atoms with Crippen molar-refractivity contribution in [2.75, 3.05) is 63.3 Å². The average molecular weight is 504 g/mol. The Bertz CT molecular complexity index is 1390. The van der Waals surface area contributed by atoms with Crippen molar-refractivity contribution in [2.24, 2.45) is 0 Å². The Hall–Kier alpha value is -2.54. The first kappa shape index (κ1) is 23.2. The summed E-state index contributed by atoms with van der Waals surface area (Å²) in [6.07, 6.45) is 0. The number of hydrogen-bond acceptors (Lipinski definition) is 10. The number of aliphatic hydroxyl groups excluding tert-OH is 1. The van der Waals surface area contributed by atoms with E-state index in [-0.39, 0.29) is 17.1 Å². The van der Waals surface area contributed by atoms with Gasteiger partial charge in [0.2, 0.25) is 0 Å². The van der Waals surface area contributed by atoms with Crippen LogP contribution in [0.1, 0.15) is 11.4 Å². The average Bonchev–Trinajstić information content (AvgIpc) is 3.20. The van der Waals surface area contributed by atoms with Crippen LogP contribution in [0.15, 0.2) is 22.1 Å². The minimum absolute atomic E-state index is 0.0100. The summed E-state index contributed by atoms with van der Waals surface area (Å²) in [6.45, 7) is 9.60. The molecule has 34 heavy (non-hydrogen) atoms. The fourth-order valence-electron chi connectivity index (χ4n) is 4.01. The van der Waals surface area contributed by atoms with Gasteiger partial charge in [-0.15, -0.1) is 0 Å². The van der Waals surface area contributed by atoms with Gasteiger partial charge in [-0.25, -0.2) is 14.4 Å². The number of aromatic nitrogens is 4. The van der Waals surface area contributed by atoms with Crippen molar-refractivity contribution in [2.45, 2.75) is 19.0 Å². The summed E-state index contributed by atoms with van der Waals surface area (Å²) in [5, 5.41) is 11.4. The molecule has 0 unspecified atom stereocenters. The van der Waals surface area contributed by atoms with Crippen LogP contribution in [0.2, 0.25) is 0 Å². The number of hydrogen-bond donors (Lipinski definition) is 1. The molecule has 5 heterocycles. The molecule has 2 aliphatic heterocycles. The minimum atomic E-state index is -0.254. The lowest BCUT2D eigenvalue weighted by Crippen LogP contribution is -2.41. The van der Waals surface area contributed by atoms with Gasteiger partial charge in [-0.05, 0) is 18.8 Å². The van der Waals surface area contributed by atoms with E-state index >= 15 is 0 Å². The van der Waals surface area contributed by atoms with Gasteiger partial charge < -0.3 is 19.5 Å². The van der Waals surface area contributed by atoms with Crippen LogP contribution in [-0.4, -0.2) is 82.8 Å². The highest BCUT2D eigenvalue weighted by Crippen LogP contribution is 2.21. The van der Waals surface area contributed by atoms with Gasteiger partial charge in [-0.3, -0.25) is 9.37 Å². The molecular weight excluding hydrogens is 476 g/mol.